The number of anilines is 1. The van der Waals surface area contributed by atoms with Crippen molar-refractivity contribution >= 4 is 11.9 Å². The molecule has 0 aliphatic carbocycles. The number of hydrogen-bond donors (Lipinski definition) is 2. The van der Waals surface area contributed by atoms with Crippen molar-refractivity contribution in [2.45, 2.75) is 19.5 Å². The van der Waals surface area contributed by atoms with Gasteiger partial charge in [0.25, 0.3) is 0 Å². The topological polar surface area (TPSA) is 107 Å². The highest BCUT2D eigenvalue weighted by Crippen LogP contribution is 2.18. The van der Waals surface area contributed by atoms with Crippen LogP contribution in [0.3, 0.4) is 0 Å². The molecule has 1 amide bonds. The van der Waals surface area contributed by atoms with E-state index < -0.39 is 6.04 Å². The molecule has 2 heterocycles. The third kappa shape index (κ3) is 2.59. The van der Waals surface area contributed by atoms with E-state index in [9.17, 15) is 4.79 Å². The van der Waals surface area contributed by atoms with Crippen molar-refractivity contribution in [2.24, 2.45) is 5.73 Å². The van der Waals surface area contributed by atoms with Gasteiger partial charge in [0.15, 0.2) is 0 Å². The fraction of sp³-hybridized carbons (Fsp3) is 0.700. The van der Waals surface area contributed by atoms with Crippen LogP contribution in [0.15, 0.2) is 4.42 Å². The first-order valence-electron chi connectivity index (χ1n) is 5.90. The normalized spacial score (nSPS) is 19.9. The lowest BCUT2D eigenvalue weighted by molar-refractivity contribution is -0.124. The maximum atomic E-state index is 11.9. The molecular weight excluding hydrogens is 238 g/mol. The van der Waals surface area contributed by atoms with Crippen LogP contribution in [-0.2, 0) is 16.1 Å². The van der Waals surface area contributed by atoms with Crippen LogP contribution in [0.25, 0.3) is 0 Å². The fourth-order valence-electron chi connectivity index (χ4n) is 1.79. The highest BCUT2D eigenvalue weighted by atomic mass is 16.5. The van der Waals surface area contributed by atoms with Crippen molar-refractivity contribution in [1.82, 2.24) is 15.5 Å². The second-order valence-corrected chi connectivity index (χ2v) is 3.86. The molecule has 1 aliphatic heterocycles. The Hall–Kier alpha value is -1.67. The lowest BCUT2D eigenvalue weighted by Gasteiger charge is -2.32. The minimum atomic E-state index is -0.440. The predicted octanol–water partition coefficient (Wildman–Crippen LogP) is -1.13. The van der Waals surface area contributed by atoms with Crippen molar-refractivity contribution in [1.29, 1.82) is 0 Å². The SMILES string of the molecule is CCNC(=O)C1COCCN1c1nnc(CN)o1. The molecule has 100 valence electrons. The molecule has 18 heavy (non-hydrogen) atoms. The Balaban J connectivity index is 2.14. The molecule has 1 aromatic heterocycles. The number of carbonyl (C=O) groups is 1. The molecular formula is C10H17N5O3. The molecule has 8 heteroatoms. The van der Waals surface area contributed by atoms with Crippen LogP contribution in [0, 0.1) is 0 Å². The zero-order chi connectivity index (χ0) is 13.0. The maximum Gasteiger partial charge on any atom is 0.319 e. The van der Waals surface area contributed by atoms with Gasteiger partial charge in [0.05, 0.1) is 19.8 Å². The summed E-state index contributed by atoms with van der Waals surface area (Å²) < 4.78 is 10.7. The van der Waals surface area contributed by atoms with Gasteiger partial charge in [0.1, 0.15) is 6.04 Å². The summed E-state index contributed by atoms with van der Waals surface area (Å²) >= 11 is 0. The lowest BCUT2D eigenvalue weighted by atomic mass is 10.2. The number of nitrogens with zero attached hydrogens (tertiary/aromatic N) is 3. The van der Waals surface area contributed by atoms with Crippen molar-refractivity contribution < 1.29 is 13.9 Å². The fourth-order valence-corrected chi connectivity index (χ4v) is 1.79. The second kappa shape index (κ2) is 5.78. The molecule has 1 atom stereocenters. The Morgan fingerprint density at radius 2 is 2.44 bits per heavy atom. The van der Waals surface area contributed by atoms with E-state index in [0.29, 0.717) is 38.2 Å². The monoisotopic (exact) mass is 255 g/mol. The third-order valence-electron chi connectivity index (χ3n) is 2.66. The van der Waals surface area contributed by atoms with Crippen LogP contribution in [0.4, 0.5) is 6.01 Å². The number of morpholine rings is 1. The molecule has 2 rings (SSSR count). The Morgan fingerprint density at radius 1 is 1.61 bits per heavy atom. The van der Waals surface area contributed by atoms with Crippen LogP contribution in [0.2, 0.25) is 0 Å². The summed E-state index contributed by atoms with van der Waals surface area (Å²) in [5, 5.41) is 10.5. The summed E-state index contributed by atoms with van der Waals surface area (Å²) in [7, 11) is 0. The Kier molecular flexibility index (Phi) is 4.11. The number of carbonyl (C=O) groups excluding carboxylic acids is 1. The van der Waals surface area contributed by atoms with E-state index in [-0.39, 0.29) is 12.5 Å². The van der Waals surface area contributed by atoms with Crippen LogP contribution in [0.5, 0.6) is 0 Å². The average Bonchev–Trinajstić information content (AvgIpc) is 2.87. The summed E-state index contributed by atoms with van der Waals surface area (Å²) in [4.78, 5) is 13.7. The van der Waals surface area contributed by atoms with Crippen molar-refractivity contribution in [3.8, 4) is 0 Å². The minimum Gasteiger partial charge on any atom is -0.407 e. The van der Waals surface area contributed by atoms with E-state index in [2.05, 4.69) is 15.5 Å². The van der Waals surface area contributed by atoms with Gasteiger partial charge in [-0.25, -0.2) is 0 Å². The third-order valence-corrected chi connectivity index (χ3v) is 2.66. The molecule has 1 unspecified atom stereocenters. The number of rotatable bonds is 4. The number of aromatic nitrogens is 2. The van der Waals surface area contributed by atoms with Crippen LogP contribution >= 0.6 is 0 Å². The first-order chi connectivity index (χ1) is 8.76. The van der Waals surface area contributed by atoms with E-state index in [1.54, 1.807) is 4.90 Å². The van der Waals surface area contributed by atoms with Gasteiger partial charge < -0.3 is 25.1 Å². The molecule has 0 saturated carbocycles. The van der Waals surface area contributed by atoms with Gasteiger partial charge in [-0.05, 0) is 6.92 Å². The number of hydrogen-bond acceptors (Lipinski definition) is 7. The summed E-state index contributed by atoms with van der Waals surface area (Å²) in [5.41, 5.74) is 5.42. The zero-order valence-electron chi connectivity index (χ0n) is 10.3. The van der Waals surface area contributed by atoms with Gasteiger partial charge >= 0.3 is 6.01 Å². The molecule has 1 aromatic rings. The number of ether oxygens (including phenoxy) is 1. The first kappa shape index (κ1) is 12.8. The van der Waals surface area contributed by atoms with Crippen LogP contribution in [-0.4, -0.2) is 48.4 Å². The van der Waals surface area contributed by atoms with E-state index in [1.165, 1.54) is 0 Å². The first-order valence-corrected chi connectivity index (χ1v) is 5.90. The second-order valence-electron chi connectivity index (χ2n) is 3.86. The molecule has 3 N–H and O–H groups in total. The molecule has 0 aromatic carbocycles. The Labute approximate surface area is 104 Å². The highest BCUT2D eigenvalue weighted by Gasteiger charge is 2.32. The zero-order valence-corrected chi connectivity index (χ0v) is 10.3. The predicted molar refractivity (Wildman–Crippen MR) is 62.8 cm³/mol. The van der Waals surface area contributed by atoms with Gasteiger partial charge in [0, 0.05) is 13.1 Å². The van der Waals surface area contributed by atoms with Crippen LogP contribution < -0.4 is 16.0 Å². The maximum absolute atomic E-state index is 11.9. The quantitative estimate of drug-likeness (QED) is 0.701. The molecule has 0 spiro atoms. The van der Waals surface area contributed by atoms with E-state index >= 15 is 0 Å². The lowest BCUT2D eigenvalue weighted by Crippen LogP contribution is -2.54. The molecule has 0 radical (unpaired) electrons. The molecule has 8 nitrogen and oxygen atoms in total. The Bertz CT molecular complexity index is 408. The molecule has 1 saturated heterocycles. The van der Waals surface area contributed by atoms with Gasteiger partial charge in [-0.3, -0.25) is 4.79 Å². The van der Waals surface area contributed by atoms with Gasteiger partial charge in [-0.15, -0.1) is 5.10 Å². The smallest absolute Gasteiger partial charge is 0.319 e. The van der Waals surface area contributed by atoms with Gasteiger partial charge in [-0.2, -0.15) is 0 Å². The highest BCUT2D eigenvalue weighted by molar-refractivity contribution is 5.84. The molecule has 1 fully saturated rings. The van der Waals surface area contributed by atoms with Crippen molar-refractivity contribution in [2.75, 3.05) is 31.2 Å². The van der Waals surface area contributed by atoms with Gasteiger partial charge in [-0.1, -0.05) is 5.10 Å². The van der Waals surface area contributed by atoms with E-state index in [1.807, 2.05) is 6.92 Å². The summed E-state index contributed by atoms with van der Waals surface area (Å²) in [6.07, 6.45) is 0. The Morgan fingerprint density at radius 3 is 3.11 bits per heavy atom. The van der Waals surface area contributed by atoms with E-state index in [4.69, 9.17) is 14.9 Å². The minimum absolute atomic E-state index is 0.107. The molecule has 1 aliphatic rings. The number of nitrogens with two attached hydrogens (primary N) is 1. The largest absolute Gasteiger partial charge is 0.407 e. The van der Waals surface area contributed by atoms with Crippen LogP contribution in [0.1, 0.15) is 12.8 Å². The standard InChI is InChI=1S/C10H17N5O3/c1-2-12-9(16)7-6-17-4-3-15(7)10-14-13-8(5-11)18-10/h7H,2-6,11H2,1H3,(H,12,16). The van der Waals surface area contributed by atoms with Crippen molar-refractivity contribution in [3.63, 3.8) is 0 Å². The summed E-state index contributed by atoms with van der Waals surface area (Å²) in [6, 6.07) is -0.125. The molecule has 0 bridgehead atoms. The average molecular weight is 255 g/mol. The van der Waals surface area contributed by atoms with Gasteiger partial charge in [0.2, 0.25) is 11.8 Å². The number of nitrogens with one attached hydrogen (secondary N) is 1. The van der Waals surface area contributed by atoms with Crippen molar-refractivity contribution in [3.05, 3.63) is 5.89 Å². The summed E-state index contributed by atoms with van der Waals surface area (Å²) in [6.45, 7) is 3.99. The number of likely N-dealkylation sites (N-methyl/N-ethyl adjacent to an activating group) is 1. The number of amides is 1. The summed E-state index contributed by atoms with van der Waals surface area (Å²) in [5.74, 6) is 0.246. The van der Waals surface area contributed by atoms with E-state index in [0.717, 1.165) is 0 Å².